The first-order valence-electron chi connectivity index (χ1n) is 7.95. The van der Waals surface area contributed by atoms with Crippen molar-refractivity contribution >= 4 is 34.1 Å². The summed E-state index contributed by atoms with van der Waals surface area (Å²) in [5.74, 6) is -0.416. The van der Waals surface area contributed by atoms with Crippen LogP contribution >= 0.6 is 22.6 Å². The second-order valence-corrected chi connectivity index (χ2v) is 6.69. The number of hydrogen-bond donors (Lipinski definition) is 1. The fourth-order valence-corrected chi connectivity index (χ4v) is 2.88. The standard InChI is InChI=1S/C19H21FIN3O/c1-4-16(13(2)19(25)22-11-5-10-21)17-12-24(3)23-18(17)14-6-8-15(20)9-7-14/h4,6-9,12H,1,5,10-11H2,2-3H3,(H,22,25)/b16-13-. The maximum absolute atomic E-state index is 13.2. The van der Waals surface area contributed by atoms with E-state index in [0.29, 0.717) is 17.8 Å². The zero-order valence-corrected chi connectivity index (χ0v) is 16.5. The van der Waals surface area contributed by atoms with E-state index in [4.69, 9.17) is 0 Å². The van der Waals surface area contributed by atoms with Crippen LogP contribution in [0.15, 0.2) is 48.7 Å². The average Bonchev–Trinajstić information content (AvgIpc) is 2.97. The molecule has 0 radical (unpaired) electrons. The molecule has 2 rings (SSSR count). The van der Waals surface area contributed by atoms with Crippen LogP contribution in [-0.4, -0.2) is 26.7 Å². The minimum absolute atomic E-state index is 0.117. The summed E-state index contributed by atoms with van der Waals surface area (Å²) in [4.78, 5) is 12.4. The summed E-state index contributed by atoms with van der Waals surface area (Å²) in [6.45, 7) is 6.28. The highest BCUT2D eigenvalue weighted by Crippen LogP contribution is 2.30. The Morgan fingerprint density at radius 1 is 1.40 bits per heavy atom. The number of nitrogens with zero attached hydrogens (tertiary/aromatic N) is 2. The molecule has 132 valence electrons. The maximum atomic E-state index is 13.2. The van der Waals surface area contributed by atoms with Crippen LogP contribution in [0.5, 0.6) is 0 Å². The van der Waals surface area contributed by atoms with Gasteiger partial charge in [-0.3, -0.25) is 9.48 Å². The Morgan fingerprint density at radius 2 is 2.08 bits per heavy atom. The number of alkyl halides is 1. The Kier molecular flexibility index (Phi) is 6.92. The van der Waals surface area contributed by atoms with E-state index in [9.17, 15) is 9.18 Å². The van der Waals surface area contributed by atoms with Gasteiger partial charge in [0.25, 0.3) is 0 Å². The van der Waals surface area contributed by atoms with Gasteiger partial charge in [0.05, 0.1) is 0 Å². The molecule has 4 nitrogen and oxygen atoms in total. The lowest BCUT2D eigenvalue weighted by atomic mass is 9.97. The van der Waals surface area contributed by atoms with Crippen molar-refractivity contribution in [3.63, 3.8) is 0 Å². The molecule has 1 heterocycles. The number of hydrogen-bond acceptors (Lipinski definition) is 2. The summed E-state index contributed by atoms with van der Waals surface area (Å²) in [6.07, 6.45) is 4.44. The van der Waals surface area contributed by atoms with Crippen molar-refractivity contribution < 1.29 is 9.18 Å². The largest absolute Gasteiger partial charge is 0.352 e. The number of amides is 1. The van der Waals surface area contributed by atoms with Crippen LogP contribution in [0.1, 0.15) is 18.9 Å². The van der Waals surface area contributed by atoms with E-state index in [0.717, 1.165) is 27.5 Å². The number of aryl methyl sites for hydroxylation is 1. The molecule has 0 saturated heterocycles. The molecule has 0 aliphatic rings. The summed E-state index contributed by atoms with van der Waals surface area (Å²) in [5.41, 5.74) is 3.58. The van der Waals surface area contributed by atoms with Crippen LogP contribution < -0.4 is 5.32 Å². The van der Waals surface area contributed by atoms with Crippen molar-refractivity contribution in [2.24, 2.45) is 7.05 Å². The molecular weight excluding hydrogens is 432 g/mol. The number of rotatable bonds is 7. The molecule has 0 spiro atoms. The minimum atomic E-state index is -0.300. The third-order valence-electron chi connectivity index (χ3n) is 3.78. The van der Waals surface area contributed by atoms with Gasteiger partial charge >= 0.3 is 0 Å². The summed E-state index contributed by atoms with van der Waals surface area (Å²) >= 11 is 2.28. The number of carbonyl (C=O) groups excluding carboxylic acids is 1. The minimum Gasteiger partial charge on any atom is -0.352 e. The first kappa shape index (κ1) is 19.4. The van der Waals surface area contributed by atoms with Gasteiger partial charge in [0.2, 0.25) is 5.91 Å². The van der Waals surface area contributed by atoms with E-state index in [1.165, 1.54) is 12.1 Å². The number of allylic oxidation sites excluding steroid dienone is 2. The smallest absolute Gasteiger partial charge is 0.247 e. The van der Waals surface area contributed by atoms with Crippen molar-refractivity contribution in [3.8, 4) is 11.3 Å². The predicted octanol–water partition coefficient (Wildman–Crippen LogP) is 4.13. The van der Waals surface area contributed by atoms with Gasteiger partial charge in [0, 0.05) is 40.9 Å². The number of benzene rings is 1. The molecule has 2 aromatic rings. The quantitative estimate of drug-likeness (QED) is 0.225. The van der Waals surface area contributed by atoms with Crippen LogP contribution in [0.4, 0.5) is 4.39 Å². The molecule has 0 saturated carbocycles. The second kappa shape index (κ2) is 8.94. The van der Waals surface area contributed by atoms with E-state index in [-0.39, 0.29) is 11.7 Å². The summed E-state index contributed by atoms with van der Waals surface area (Å²) < 4.78 is 15.9. The maximum Gasteiger partial charge on any atom is 0.247 e. The fourth-order valence-electron chi connectivity index (χ4n) is 2.50. The molecule has 1 amide bonds. The molecule has 0 unspecified atom stereocenters. The van der Waals surface area contributed by atoms with Gasteiger partial charge in [-0.25, -0.2) is 4.39 Å². The number of carbonyl (C=O) groups is 1. The molecular formula is C19H21FIN3O. The van der Waals surface area contributed by atoms with Crippen molar-refractivity contribution in [1.29, 1.82) is 0 Å². The van der Waals surface area contributed by atoms with Gasteiger partial charge in [-0.15, -0.1) is 0 Å². The Bertz CT molecular complexity index is 794. The molecule has 0 bridgehead atoms. The zero-order chi connectivity index (χ0) is 18.4. The lowest BCUT2D eigenvalue weighted by molar-refractivity contribution is -0.117. The molecule has 0 aliphatic heterocycles. The van der Waals surface area contributed by atoms with E-state index in [1.54, 1.807) is 29.8 Å². The highest BCUT2D eigenvalue weighted by Gasteiger charge is 2.17. The molecule has 0 aliphatic carbocycles. The van der Waals surface area contributed by atoms with Crippen LogP contribution in [0.2, 0.25) is 0 Å². The number of aromatic nitrogens is 2. The van der Waals surface area contributed by atoms with Gasteiger partial charge in [-0.05, 0) is 43.2 Å². The van der Waals surface area contributed by atoms with Gasteiger partial charge in [-0.1, -0.05) is 35.2 Å². The van der Waals surface area contributed by atoms with Crippen LogP contribution in [0.3, 0.4) is 0 Å². The Hall–Kier alpha value is -1.96. The van der Waals surface area contributed by atoms with Gasteiger partial charge in [-0.2, -0.15) is 5.10 Å². The van der Waals surface area contributed by atoms with E-state index in [2.05, 4.69) is 39.6 Å². The fraction of sp³-hybridized carbons (Fsp3) is 0.263. The lowest BCUT2D eigenvalue weighted by Crippen LogP contribution is -2.25. The average molecular weight is 453 g/mol. The van der Waals surface area contributed by atoms with Gasteiger partial charge in [0.15, 0.2) is 0 Å². The summed E-state index contributed by atoms with van der Waals surface area (Å²) in [6, 6.07) is 6.15. The highest BCUT2D eigenvalue weighted by atomic mass is 127. The molecule has 1 aromatic heterocycles. The van der Waals surface area contributed by atoms with Crippen molar-refractivity contribution in [2.75, 3.05) is 11.0 Å². The normalized spacial score (nSPS) is 11.8. The number of halogens is 2. The SMILES string of the molecule is C=C/C(=C(\C)C(=O)NCCCI)c1cn(C)nc1-c1ccc(F)cc1. The van der Waals surface area contributed by atoms with Crippen LogP contribution in [-0.2, 0) is 11.8 Å². The van der Waals surface area contributed by atoms with Crippen LogP contribution in [0.25, 0.3) is 16.8 Å². The predicted molar refractivity (Wildman–Crippen MR) is 108 cm³/mol. The van der Waals surface area contributed by atoms with Crippen molar-refractivity contribution in [3.05, 3.63) is 60.1 Å². The first-order valence-corrected chi connectivity index (χ1v) is 9.48. The molecule has 1 aromatic carbocycles. The summed E-state index contributed by atoms with van der Waals surface area (Å²) in [5, 5.41) is 7.39. The van der Waals surface area contributed by atoms with Crippen molar-refractivity contribution in [1.82, 2.24) is 15.1 Å². The monoisotopic (exact) mass is 453 g/mol. The molecule has 25 heavy (non-hydrogen) atoms. The van der Waals surface area contributed by atoms with Gasteiger partial charge < -0.3 is 5.32 Å². The van der Waals surface area contributed by atoms with E-state index >= 15 is 0 Å². The molecule has 0 atom stereocenters. The lowest BCUT2D eigenvalue weighted by Gasteiger charge is -2.10. The van der Waals surface area contributed by atoms with E-state index in [1.807, 2.05) is 13.2 Å². The molecule has 1 N–H and O–H groups in total. The van der Waals surface area contributed by atoms with E-state index < -0.39 is 0 Å². The van der Waals surface area contributed by atoms with Gasteiger partial charge in [0.1, 0.15) is 11.5 Å². The zero-order valence-electron chi connectivity index (χ0n) is 14.4. The van der Waals surface area contributed by atoms with Crippen LogP contribution in [0, 0.1) is 5.82 Å². The Morgan fingerprint density at radius 3 is 2.68 bits per heavy atom. The number of nitrogens with one attached hydrogen (secondary N) is 1. The third kappa shape index (κ3) is 4.78. The molecule has 6 heteroatoms. The third-order valence-corrected chi connectivity index (χ3v) is 4.54. The Labute approximate surface area is 161 Å². The molecule has 0 fully saturated rings. The second-order valence-electron chi connectivity index (χ2n) is 5.61. The highest BCUT2D eigenvalue weighted by molar-refractivity contribution is 14.1. The Balaban J connectivity index is 2.44. The van der Waals surface area contributed by atoms with Crippen molar-refractivity contribution in [2.45, 2.75) is 13.3 Å². The first-order chi connectivity index (χ1) is 12.0. The topological polar surface area (TPSA) is 46.9 Å². The summed E-state index contributed by atoms with van der Waals surface area (Å²) in [7, 11) is 1.81.